The summed E-state index contributed by atoms with van der Waals surface area (Å²) in [5.74, 6) is 0.0211. The Morgan fingerprint density at radius 3 is 2.54 bits per heavy atom. The molecule has 0 spiro atoms. The van der Waals surface area contributed by atoms with E-state index >= 15 is 0 Å². The second-order valence-corrected chi connectivity index (χ2v) is 8.10. The molecule has 2 aromatic rings. The third-order valence-electron chi connectivity index (χ3n) is 5.80. The predicted octanol–water partition coefficient (Wildman–Crippen LogP) is 3.81. The molecule has 1 unspecified atom stereocenters. The van der Waals surface area contributed by atoms with Gasteiger partial charge in [0.2, 0.25) is 5.91 Å². The van der Waals surface area contributed by atoms with Crippen LogP contribution in [0.3, 0.4) is 0 Å². The molecule has 2 N–H and O–H groups in total. The third-order valence-corrected chi connectivity index (χ3v) is 5.80. The van der Waals surface area contributed by atoms with Crippen molar-refractivity contribution in [3.05, 3.63) is 59.2 Å². The van der Waals surface area contributed by atoms with Gasteiger partial charge in [-0.25, -0.2) is 0 Å². The smallest absolute Gasteiger partial charge is 0.227 e. The lowest BCUT2D eigenvalue weighted by molar-refractivity contribution is -0.137. The monoisotopic (exact) mass is 381 g/mol. The van der Waals surface area contributed by atoms with Gasteiger partial charge < -0.3 is 15.2 Å². The van der Waals surface area contributed by atoms with Gasteiger partial charge in [0.05, 0.1) is 12.0 Å². The number of benzene rings is 2. The lowest BCUT2D eigenvalue weighted by Gasteiger charge is -2.37. The molecule has 3 rings (SSSR count). The van der Waals surface area contributed by atoms with E-state index in [4.69, 9.17) is 4.74 Å². The normalized spacial score (nSPS) is 17.1. The standard InChI is InChI=1S/C24H31NO3/c1-17-8-9-21(18(2)14-17)22-7-5-4-6-20(22)15-24(10-12-28-13-11-24)23(27)25-19(3)16-26/h4-9,14,19,26H,10-13,15-16H2,1-3H3,(H,25,27). The Balaban J connectivity index is 1.97. The molecule has 1 atom stereocenters. The quantitative estimate of drug-likeness (QED) is 0.800. The number of aryl methyl sites for hydroxylation is 2. The summed E-state index contributed by atoms with van der Waals surface area (Å²) in [5, 5.41) is 12.4. The number of hydrogen-bond donors (Lipinski definition) is 2. The zero-order valence-electron chi connectivity index (χ0n) is 17.1. The number of hydrogen-bond acceptors (Lipinski definition) is 3. The van der Waals surface area contributed by atoms with Crippen molar-refractivity contribution in [3.8, 4) is 11.1 Å². The van der Waals surface area contributed by atoms with Crippen molar-refractivity contribution in [2.75, 3.05) is 19.8 Å². The van der Waals surface area contributed by atoms with Gasteiger partial charge in [-0.2, -0.15) is 0 Å². The molecule has 0 bridgehead atoms. The number of aliphatic hydroxyl groups is 1. The predicted molar refractivity (Wildman–Crippen MR) is 112 cm³/mol. The summed E-state index contributed by atoms with van der Waals surface area (Å²) in [5.41, 5.74) is 5.57. The number of ether oxygens (including phenoxy) is 1. The molecule has 0 aliphatic carbocycles. The van der Waals surface area contributed by atoms with Gasteiger partial charge in [0.15, 0.2) is 0 Å². The van der Waals surface area contributed by atoms with Crippen LogP contribution in [0.4, 0.5) is 0 Å². The summed E-state index contributed by atoms with van der Waals surface area (Å²) in [6, 6.07) is 14.6. The van der Waals surface area contributed by atoms with Crippen LogP contribution in [-0.2, 0) is 16.0 Å². The molecule has 4 heteroatoms. The van der Waals surface area contributed by atoms with E-state index in [1.807, 2.05) is 13.0 Å². The number of rotatable bonds is 6. The Morgan fingerprint density at radius 1 is 1.14 bits per heavy atom. The fourth-order valence-corrected chi connectivity index (χ4v) is 4.09. The Hall–Kier alpha value is -2.17. The number of carbonyl (C=O) groups is 1. The second kappa shape index (κ2) is 8.89. The zero-order valence-corrected chi connectivity index (χ0v) is 17.1. The Bertz CT molecular complexity index is 824. The summed E-state index contributed by atoms with van der Waals surface area (Å²) in [7, 11) is 0. The van der Waals surface area contributed by atoms with Gasteiger partial charge in [0.1, 0.15) is 0 Å². The van der Waals surface area contributed by atoms with Crippen molar-refractivity contribution >= 4 is 5.91 Å². The summed E-state index contributed by atoms with van der Waals surface area (Å²) in [6.45, 7) is 7.19. The SMILES string of the molecule is Cc1ccc(-c2ccccc2CC2(C(=O)NC(C)CO)CCOCC2)c(C)c1. The van der Waals surface area contributed by atoms with Gasteiger partial charge in [-0.15, -0.1) is 0 Å². The molecule has 2 aromatic carbocycles. The van der Waals surface area contributed by atoms with Crippen molar-refractivity contribution in [1.29, 1.82) is 0 Å². The summed E-state index contributed by atoms with van der Waals surface area (Å²) in [6.07, 6.45) is 2.06. The van der Waals surface area contributed by atoms with Gasteiger partial charge >= 0.3 is 0 Å². The van der Waals surface area contributed by atoms with Crippen LogP contribution in [0.5, 0.6) is 0 Å². The van der Waals surface area contributed by atoms with Crippen LogP contribution in [0.15, 0.2) is 42.5 Å². The molecule has 4 nitrogen and oxygen atoms in total. The largest absolute Gasteiger partial charge is 0.394 e. The van der Waals surface area contributed by atoms with E-state index in [1.165, 1.54) is 27.8 Å². The van der Waals surface area contributed by atoms with Gasteiger partial charge in [-0.3, -0.25) is 4.79 Å². The summed E-state index contributed by atoms with van der Waals surface area (Å²) < 4.78 is 5.56. The lowest BCUT2D eigenvalue weighted by atomic mass is 9.73. The number of aliphatic hydroxyl groups excluding tert-OH is 1. The molecule has 0 saturated carbocycles. The van der Waals surface area contributed by atoms with Crippen molar-refractivity contribution < 1.29 is 14.6 Å². The highest BCUT2D eigenvalue weighted by Gasteiger charge is 2.41. The van der Waals surface area contributed by atoms with Gasteiger partial charge in [-0.05, 0) is 62.3 Å². The first-order chi connectivity index (χ1) is 13.4. The van der Waals surface area contributed by atoms with Crippen LogP contribution in [0, 0.1) is 19.3 Å². The highest BCUT2D eigenvalue weighted by molar-refractivity contribution is 5.84. The molecule has 1 fully saturated rings. The van der Waals surface area contributed by atoms with Crippen LogP contribution >= 0.6 is 0 Å². The van der Waals surface area contributed by atoms with Gasteiger partial charge in [0.25, 0.3) is 0 Å². The Morgan fingerprint density at radius 2 is 1.86 bits per heavy atom. The van der Waals surface area contributed by atoms with Crippen molar-refractivity contribution in [1.82, 2.24) is 5.32 Å². The number of carbonyl (C=O) groups excluding carboxylic acids is 1. The van der Waals surface area contributed by atoms with Crippen molar-refractivity contribution in [3.63, 3.8) is 0 Å². The van der Waals surface area contributed by atoms with E-state index < -0.39 is 5.41 Å². The molecule has 1 aliphatic rings. The molecular formula is C24H31NO3. The maximum Gasteiger partial charge on any atom is 0.227 e. The average molecular weight is 382 g/mol. The minimum absolute atomic E-state index is 0.0211. The average Bonchev–Trinajstić information content (AvgIpc) is 2.69. The molecule has 1 amide bonds. The molecular weight excluding hydrogens is 350 g/mol. The summed E-state index contributed by atoms with van der Waals surface area (Å²) in [4.78, 5) is 13.2. The molecule has 1 heterocycles. The lowest BCUT2D eigenvalue weighted by Crippen LogP contribution is -2.49. The highest BCUT2D eigenvalue weighted by Crippen LogP contribution is 2.38. The van der Waals surface area contributed by atoms with E-state index in [0.29, 0.717) is 32.5 Å². The van der Waals surface area contributed by atoms with Gasteiger partial charge in [-0.1, -0.05) is 48.0 Å². The van der Waals surface area contributed by atoms with E-state index in [0.717, 1.165) is 0 Å². The zero-order chi connectivity index (χ0) is 20.1. The second-order valence-electron chi connectivity index (χ2n) is 8.10. The summed E-state index contributed by atoms with van der Waals surface area (Å²) >= 11 is 0. The van der Waals surface area contributed by atoms with Crippen LogP contribution in [0.25, 0.3) is 11.1 Å². The Labute approximate surface area is 167 Å². The van der Waals surface area contributed by atoms with E-state index in [1.54, 1.807) is 0 Å². The molecule has 150 valence electrons. The van der Waals surface area contributed by atoms with Crippen LogP contribution in [-0.4, -0.2) is 36.9 Å². The third kappa shape index (κ3) is 4.45. The maximum absolute atomic E-state index is 13.2. The minimum Gasteiger partial charge on any atom is -0.394 e. The topological polar surface area (TPSA) is 58.6 Å². The first kappa shape index (κ1) is 20.6. The molecule has 0 aromatic heterocycles. The van der Waals surface area contributed by atoms with Crippen molar-refractivity contribution in [2.24, 2.45) is 5.41 Å². The first-order valence-corrected chi connectivity index (χ1v) is 10.1. The first-order valence-electron chi connectivity index (χ1n) is 10.1. The van der Waals surface area contributed by atoms with E-state index in [2.05, 4.69) is 55.6 Å². The Kier molecular flexibility index (Phi) is 6.53. The molecule has 28 heavy (non-hydrogen) atoms. The minimum atomic E-state index is -0.504. The van der Waals surface area contributed by atoms with Crippen LogP contribution < -0.4 is 5.32 Å². The van der Waals surface area contributed by atoms with E-state index in [-0.39, 0.29) is 18.6 Å². The number of nitrogens with one attached hydrogen (secondary N) is 1. The van der Waals surface area contributed by atoms with Crippen LogP contribution in [0.1, 0.15) is 36.5 Å². The maximum atomic E-state index is 13.2. The van der Waals surface area contributed by atoms with Crippen LogP contribution in [0.2, 0.25) is 0 Å². The fraction of sp³-hybridized carbons (Fsp3) is 0.458. The molecule has 0 radical (unpaired) electrons. The fourth-order valence-electron chi connectivity index (χ4n) is 4.09. The number of amides is 1. The van der Waals surface area contributed by atoms with E-state index in [9.17, 15) is 9.90 Å². The molecule has 1 aliphatic heterocycles. The highest BCUT2D eigenvalue weighted by atomic mass is 16.5. The van der Waals surface area contributed by atoms with Gasteiger partial charge in [0, 0.05) is 19.3 Å². The molecule has 1 saturated heterocycles. The van der Waals surface area contributed by atoms with Crippen molar-refractivity contribution in [2.45, 2.75) is 46.1 Å².